The van der Waals surface area contributed by atoms with Crippen LogP contribution in [0, 0.1) is 0 Å². The van der Waals surface area contributed by atoms with Crippen LogP contribution in [0.1, 0.15) is 0 Å². The zero-order valence-electron chi connectivity index (χ0n) is 18.2. The number of morpholine rings is 1. The van der Waals surface area contributed by atoms with Crippen molar-refractivity contribution in [2.75, 3.05) is 44.9 Å². The molecule has 0 atom stereocenters. The molecule has 0 spiro atoms. The second-order valence-electron chi connectivity index (χ2n) is 7.85. The van der Waals surface area contributed by atoms with Gasteiger partial charge in [-0.1, -0.05) is 0 Å². The number of pyridine rings is 1. The number of rotatable bonds is 6. The third kappa shape index (κ3) is 3.65. The molecular weight excluding hydrogens is 438 g/mol. The minimum absolute atomic E-state index is 0.575. The van der Waals surface area contributed by atoms with Gasteiger partial charge < -0.3 is 23.9 Å². The van der Waals surface area contributed by atoms with E-state index in [-0.39, 0.29) is 0 Å². The molecule has 1 aliphatic heterocycles. The molecule has 4 aromatic heterocycles. The Morgan fingerprint density at radius 2 is 2.06 bits per heavy atom. The predicted molar refractivity (Wildman–Crippen MR) is 129 cm³/mol. The number of aromatic nitrogens is 6. The minimum Gasteiger partial charge on any atom is -0.383 e. The van der Waals surface area contributed by atoms with Gasteiger partial charge in [-0.15, -0.1) is 11.3 Å². The fourth-order valence-corrected chi connectivity index (χ4v) is 4.90. The van der Waals surface area contributed by atoms with Gasteiger partial charge in [0.2, 0.25) is 0 Å². The molecule has 9 nitrogen and oxygen atoms in total. The van der Waals surface area contributed by atoms with E-state index in [4.69, 9.17) is 19.4 Å². The quantitative estimate of drug-likeness (QED) is 0.413. The van der Waals surface area contributed by atoms with E-state index in [1.165, 1.54) is 0 Å². The fraction of sp³-hybridized carbons (Fsp3) is 0.304. The Morgan fingerprint density at radius 1 is 1.15 bits per heavy atom. The highest BCUT2D eigenvalue weighted by molar-refractivity contribution is 7.16. The van der Waals surface area contributed by atoms with Gasteiger partial charge in [-0.25, -0.2) is 19.9 Å². The van der Waals surface area contributed by atoms with Gasteiger partial charge in [0.25, 0.3) is 0 Å². The Balaban J connectivity index is 1.44. The lowest BCUT2D eigenvalue weighted by Crippen LogP contribution is -2.36. The van der Waals surface area contributed by atoms with Crippen molar-refractivity contribution in [1.29, 1.82) is 0 Å². The van der Waals surface area contributed by atoms with E-state index in [9.17, 15) is 0 Å². The average Bonchev–Trinajstić information content (AvgIpc) is 3.60. The smallest absolute Gasteiger partial charge is 0.161 e. The fourth-order valence-electron chi connectivity index (χ4n) is 4.24. The maximum Gasteiger partial charge on any atom is 0.161 e. The molecule has 1 N–H and O–H groups in total. The molecule has 0 radical (unpaired) electrons. The molecule has 1 aromatic carbocycles. The van der Waals surface area contributed by atoms with Gasteiger partial charge >= 0.3 is 0 Å². The zero-order chi connectivity index (χ0) is 22.2. The zero-order valence-corrected chi connectivity index (χ0v) is 19.0. The SMILES string of the molecule is COCCn1c(-c2c[nH]c(-c3ccc4scnc4c3)n2)nc2c(N3CCOCC3)nccc21. The summed E-state index contributed by atoms with van der Waals surface area (Å²) < 4.78 is 14.2. The van der Waals surface area contributed by atoms with E-state index in [2.05, 4.69) is 42.6 Å². The maximum absolute atomic E-state index is 5.52. The maximum atomic E-state index is 5.52. The van der Waals surface area contributed by atoms with Crippen LogP contribution in [-0.2, 0) is 16.0 Å². The van der Waals surface area contributed by atoms with Crippen LogP contribution in [0.5, 0.6) is 0 Å². The highest BCUT2D eigenvalue weighted by atomic mass is 32.1. The number of hydrogen-bond acceptors (Lipinski definition) is 8. The minimum atomic E-state index is 0.575. The van der Waals surface area contributed by atoms with E-state index in [0.29, 0.717) is 26.4 Å². The summed E-state index contributed by atoms with van der Waals surface area (Å²) in [7, 11) is 1.71. The first kappa shape index (κ1) is 20.3. The van der Waals surface area contributed by atoms with Crippen LogP contribution < -0.4 is 4.90 Å². The van der Waals surface area contributed by atoms with Crippen molar-refractivity contribution in [3.63, 3.8) is 0 Å². The molecule has 10 heteroatoms. The van der Waals surface area contributed by atoms with E-state index >= 15 is 0 Å². The molecule has 0 amide bonds. The first-order chi connectivity index (χ1) is 16.3. The number of benzene rings is 1. The van der Waals surface area contributed by atoms with Crippen LogP contribution in [0.3, 0.4) is 0 Å². The first-order valence-electron chi connectivity index (χ1n) is 10.9. The summed E-state index contributed by atoms with van der Waals surface area (Å²) >= 11 is 1.63. The van der Waals surface area contributed by atoms with Crippen molar-refractivity contribution in [3.05, 3.63) is 42.2 Å². The summed E-state index contributed by atoms with van der Waals surface area (Å²) in [6.45, 7) is 4.24. The van der Waals surface area contributed by atoms with Crippen LogP contribution in [0.15, 0.2) is 42.2 Å². The standard InChI is InChI=1S/C23H23N7O2S/c1-31-9-8-30-18-4-5-24-23(29-6-10-32-11-7-29)20(18)28-22(30)17-13-25-21(27-17)15-2-3-19-16(12-15)26-14-33-19/h2-5,12-14H,6-11H2,1H3,(H,25,27). The topological polar surface area (TPSA) is 94.0 Å². The Labute approximate surface area is 194 Å². The number of fused-ring (bicyclic) bond motifs is 2. The van der Waals surface area contributed by atoms with Gasteiger partial charge in [-0.2, -0.15) is 0 Å². The van der Waals surface area contributed by atoms with Crippen molar-refractivity contribution >= 4 is 38.4 Å². The number of nitrogens with one attached hydrogen (secondary N) is 1. The number of anilines is 1. The molecule has 0 bridgehead atoms. The van der Waals surface area contributed by atoms with Gasteiger partial charge in [0, 0.05) is 44.7 Å². The Kier molecular flexibility index (Phi) is 5.25. The number of nitrogens with zero attached hydrogens (tertiary/aromatic N) is 6. The Bertz CT molecular complexity index is 1420. The molecule has 5 aromatic rings. The third-order valence-electron chi connectivity index (χ3n) is 5.89. The lowest BCUT2D eigenvalue weighted by Gasteiger charge is -2.27. The predicted octanol–water partition coefficient (Wildman–Crippen LogP) is 3.58. The lowest BCUT2D eigenvalue weighted by atomic mass is 10.2. The number of methoxy groups -OCH3 is 1. The number of aromatic amines is 1. The number of thiazole rings is 1. The molecule has 1 aliphatic rings. The van der Waals surface area contributed by atoms with E-state index in [1.807, 2.05) is 24.0 Å². The number of hydrogen-bond donors (Lipinski definition) is 1. The van der Waals surface area contributed by atoms with Gasteiger partial charge in [0.15, 0.2) is 11.6 Å². The van der Waals surface area contributed by atoms with Crippen LogP contribution in [0.2, 0.25) is 0 Å². The average molecular weight is 462 g/mol. The largest absolute Gasteiger partial charge is 0.383 e. The Morgan fingerprint density at radius 3 is 2.94 bits per heavy atom. The van der Waals surface area contributed by atoms with Crippen molar-refractivity contribution in [1.82, 2.24) is 29.5 Å². The molecule has 1 fully saturated rings. The number of imidazole rings is 2. The highest BCUT2D eigenvalue weighted by Gasteiger charge is 2.22. The molecule has 0 aliphatic carbocycles. The molecule has 0 saturated carbocycles. The first-order valence-corrected chi connectivity index (χ1v) is 11.8. The Hall–Kier alpha value is -3.34. The van der Waals surface area contributed by atoms with E-state index in [1.54, 1.807) is 18.4 Å². The summed E-state index contributed by atoms with van der Waals surface area (Å²) in [6, 6.07) is 8.22. The van der Waals surface area contributed by atoms with Crippen molar-refractivity contribution in [2.45, 2.75) is 6.54 Å². The number of ether oxygens (including phenoxy) is 2. The molecule has 168 valence electrons. The van der Waals surface area contributed by atoms with E-state index < -0.39 is 0 Å². The molecular formula is C23H23N7O2S. The normalized spacial score (nSPS) is 14.5. The third-order valence-corrected chi connectivity index (χ3v) is 6.70. The van der Waals surface area contributed by atoms with Crippen LogP contribution in [0.25, 0.3) is 44.2 Å². The summed E-state index contributed by atoms with van der Waals surface area (Å²) in [5, 5.41) is 0. The van der Waals surface area contributed by atoms with Gasteiger partial charge in [0.1, 0.15) is 17.0 Å². The molecule has 0 unspecified atom stereocenters. The summed E-state index contributed by atoms with van der Waals surface area (Å²) in [4.78, 5) is 24.6. The summed E-state index contributed by atoms with van der Waals surface area (Å²) in [5.74, 6) is 2.47. The summed E-state index contributed by atoms with van der Waals surface area (Å²) in [6.07, 6.45) is 3.76. The van der Waals surface area contributed by atoms with Crippen LogP contribution >= 0.6 is 11.3 Å². The van der Waals surface area contributed by atoms with Crippen LogP contribution in [0.4, 0.5) is 5.82 Å². The molecule has 5 heterocycles. The van der Waals surface area contributed by atoms with Gasteiger partial charge in [0.05, 0.1) is 41.1 Å². The van der Waals surface area contributed by atoms with Crippen molar-refractivity contribution in [2.24, 2.45) is 0 Å². The van der Waals surface area contributed by atoms with Crippen molar-refractivity contribution < 1.29 is 9.47 Å². The van der Waals surface area contributed by atoms with Crippen molar-refractivity contribution in [3.8, 4) is 22.9 Å². The van der Waals surface area contributed by atoms with Gasteiger partial charge in [-0.05, 0) is 24.3 Å². The molecule has 1 saturated heterocycles. The van der Waals surface area contributed by atoms with Crippen LogP contribution in [-0.4, -0.2) is 69.5 Å². The summed E-state index contributed by atoms with van der Waals surface area (Å²) in [5.41, 5.74) is 6.51. The second kappa shape index (κ2) is 8.54. The van der Waals surface area contributed by atoms with Gasteiger partial charge in [-0.3, -0.25) is 0 Å². The lowest BCUT2D eigenvalue weighted by molar-refractivity contribution is 0.122. The molecule has 33 heavy (non-hydrogen) atoms. The highest BCUT2D eigenvalue weighted by Crippen LogP contribution is 2.31. The number of H-pyrrole nitrogens is 1. The monoisotopic (exact) mass is 461 g/mol. The second-order valence-corrected chi connectivity index (χ2v) is 8.74. The molecule has 6 rings (SSSR count). The van der Waals surface area contributed by atoms with E-state index in [0.717, 1.165) is 63.1 Å².